The molecule has 238 valence electrons. The molecule has 1 aromatic rings. The zero-order valence-corrected chi connectivity index (χ0v) is 25.5. The van der Waals surface area contributed by atoms with Gasteiger partial charge in [-0.1, -0.05) is 49.1 Å². The van der Waals surface area contributed by atoms with Gasteiger partial charge >= 0.3 is 6.09 Å². The maximum atomic E-state index is 13.1. The lowest BCUT2D eigenvalue weighted by molar-refractivity contribution is -0.132. The fourth-order valence-corrected chi connectivity index (χ4v) is 4.07. The third-order valence-electron chi connectivity index (χ3n) is 6.72. The molecule has 44 heavy (non-hydrogen) atoms. The van der Waals surface area contributed by atoms with Gasteiger partial charge in [-0.15, -0.1) is 12.8 Å². The molecule has 0 aliphatic heterocycles. The molecule has 1 aliphatic rings. The molecule has 0 heterocycles. The van der Waals surface area contributed by atoms with E-state index in [0.29, 0.717) is 0 Å². The van der Waals surface area contributed by atoms with Gasteiger partial charge in [0.1, 0.15) is 23.2 Å². The minimum Gasteiger partial charge on any atom is -0.444 e. The van der Waals surface area contributed by atoms with Crippen LogP contribution in [-0.2, 0) is 30.5 Å². The molecule has 5 amide bonds. The second kappa shape index (κ2) is 15.2. The Morgan fingerprint density at radius 3 is 2.14 bits per heavy atom. The number of carbonyl (C=O) groups excluding carboxylic acids is 5. The number of amides is 5. The van der Waals surface area contributed by atoms with Crippen molar-refractivity contribution in [2.45, 2.75) is 95.5 Å². The van der Waals surface area contributed by atoms with Gasteiger partial charge in [0.25, 0.3) is 5.91 Å². The number of aliphatic hydroxyl groups is 2. The van der Waals surface area contributed by atoms with E-state index in [1.807, 2.05) is 30.3 Å². The molecule has 0 saturated heterocycles. The van der Waals surface area contributed by atoms with E-state index in [1.165, 1.54) is 13.8 Å². The quantitative estimate of drug-likeness (QED) is 0.144. The Kier molecular flexibility index (Phi) is 12.3. The Morgan fingerprint density at radius 1 is 1.00 bits per heavy atom. The van der Waals surface area contributed by atoms with Gasteiger partial charge < -0.3 is 36.2 Å². The van der Waals surface area contributed by atoms with Gasteiger partial charge in [0.05, 0.1) is 12.2 Å². The van der Waals surface area contributed by atoms with E-state index in [4.69, 9.17) is 17.6 Å². The van der Waals surface area contributed by atoms with Crippen LogP contribution in [-0.4, -0.2) is 81.4 Å². The molecule has 13 heteroatoms. The fourth-order valence-electron chi connectivity index (χ4n) is 4.07. The molecular weight excluding hydrogens is 570 g/mol. The van der Waals surface area contributed by atoms with Crippen molar-refractivity contribution in [3.05, 3.63) is 35.9 Å². The molecule has 2 rings (SSSR count). The molecule has 0 radical (unpaired) electrons. The van der Waals surface area contributed by atoms with Crippen molar-refractivity contribution in [1.82, 2.24) is 26.6 Å². The van der Waals surface area contributed by atoms with Crippen molar-refractivity contribution in [2.24, 2.45) is 5.92 Å². The predicted molar refractivity (Wildman–Crippen MR) is 160 cm³/mol. The van der Waals surface area contributed by atoms with E-state index in [-0.39, 0.29) is 19.4 Å². The summed E-state index contributed by atoms with van der Waals surface area (Å²) < 4.78 is 5.08. The van der Waals surface area contributed by atoms with Gasteiger partial charge in [-0.3, -0.25) is 24.5 Å². The lowest BCUT2D eigenvalue weighted by Gasteiger charge is -2.26. The van der Waals surface area contributed by atoms with Gasteiger partial charge in [-0.2, -0.15) is 0 Å². The summed E-state index contributed by atoms with van der Waals surface area (Å²) in [6.45, 7) is 8.19. The summed E-state index contributed by atoms with van der Waals surface area (Å²) in [5.74, 6) is 0.760. The maximum Gasteiger partial charge on any atom is 0.409 e. The summed E-state index contributed by atoms with van der Waals surface area (Å²) in [5, 5.41) is 33.2. The molecule has 0 spiro atoms. The van der Waals surface area contributed by atoms with Gasteiger partial charge in [-0.25, -0.2) is 4.79 Å². The zero-order chi connectivity index (χ0) is 33.2. The van der Waals surface area contributed by atoms with Crippen LogP contribution in [0.4, 0.5) is 4.79 Å². The first-order valence-corrected chi connectivity index (χ1v) is 14.1. The zero-order valence-electron chi connectivity index (χ0n) is 25.5. The number of benzene rings is 1. The molecule has 0 aromatic heterocycles. The number of alkyl carbamates (subject to hydrolysis) is 1. The van der Waals surface area contributed by atoms with Crippen molar-refractivity contribution < 1.29 is 38.9 Å². The van der Waals surface area contributed by atoms with Crippen LogP contribution >= 0.6 is 0 Å². The van der Waals surface area contributed by atoms with Crippen LogP contribution in [0.3, 0.4) is 0 Å². The van der Waals surface area contributed by atoms with Gasteiger partial charge in [0, 0.05) is 18.9 Å². The number of hydrogen-bond donors (Lipinski definition) is 7. The van der Waals surface area contributed by atoms with Gasteiger partial charge in [0.2, 0.25) is 17.7 Å². The number of rotatable bonds is 13. The first-order valence-electron chi connectivity index (χ1n) is 14.1. The smallest absolute Gasteiger partial charge is 0.409 e. The first-order chi connectivity index (χ1) is 20.5. The van der Waals surface area contributed by atoms with Crippen LogP contribution in [0.15, 0.2) is 30.3 Å². The second-order valence-electron chi connectivity index (χ2n) is 11.7. The van der Waals surface area contributed by atoms with Crippen LogP contribution in [0.2, 0.25) is 0 Å². The number of ether oxygens (including phenoxy) is 1. The summed E-state index contributed by atoms with van der Waals surface area (Å²) in [4.78, 5) is 63.0. The predicted octanol–water partition coefficient (Wildman–Crippen LogP) is -0.541. The molecule has 7 atom stereocenters. The molecule has 13 nitrogen and oxygen atoms in total. The minimum absolute atomic E-state index is 0.176. The summed E-state index contributed by atoms with van der Waals surface area (Å²) >= 11 is 0. The maximum absolute atomic E-state index is 13.1. The van der Waals surface area contributed by atoms with Crippen molar-refractivity contribution in [3.63, 3.8) is 0 Å². The highest BCUT2D eigenvalue weighted by atomic mass is 16.6. The van der Waals surface area contributed by atoms with Crippen LogP contribution in [0.5, 0.6) is 0 Å². The van der Waals surface area contributed by atoms with Crippen molar-refractivity contribution in [1.29, 1.82) is 0 Å². The highest BCUT2D eigenvalue weighted by Crippen LogP contribution is 2.36. The van der Waals surface area contributed by atoms with E-state index < -0.39 is 77.1 Å². The van der Waals surface area contributed by atoms with Crippen LogP contribution < -0.4 is 26.6 Å². The van der Waals surface area contributed by atoms with E-state index in [2.05, 4.69) is 38.4 Å². The summed E-state index contributed by atoms with van der Waals surface area (Å²) in [6.07, 6.45) is 6.91. The lowest BCUT2D eigenvalue weighted by Crippen LogP contribution is -2.59. The number of carbonyl (C=O) groups is 5. The largest absolute Gasteiger partial charge is 0.444 e. The molecule has 0 bridgehead atoms. The number of hydrogen-bond acceptors (Lipinski definition) is 8. The van der Waals surface area contributed by atoms with E-state index in [0.717, 1.165) is 5.56 Å². The third kappa shape index (κ3) is 10.3. The highest BCUT2D eigenvalue weighted by molar-refractivity contribution is 5.98. The van der Waals surface area contributed by atoms with Gasteiger partial charge in [-0.05, 0) is 39.7 Å². The molecule has 1 aromatic carbocycles. The molecule has 1 saturated carbocycles. The number of terminal acetylenes is 2. The minimum atomic E-state index is -1.80. The molecule has 1 aliphatic carbocycles. The highest BCUT2D eigenvalue weighted by Gasteiger charge is 2.61. The standard InChI is InChI=1S/C31H41N5O8/c1-8-21(23(37)15-18(3)25(39)33-19(4)26(40)32-17-20-13-11-10-12-14-20)34-28(42)31(16-24(31)38)36-27(41)22(9-2)35-29(43)44-30(5,6)7/h1-2,10-14,18-19,21-24,37-38H,15-17H2,3-7H3,(H,32,40)(H,33,39)(H,34,42)(H,35,43)(H,36,41)/t18-,19+,21+,22+,23+,24?,31?/m1/s1. The lowest BCUT2D eigenvalue weighted by atomic mass is 9.97. The number of aliphatic hydroxyl groups excluding tert-OH is 2. The van der Waals surface area contributed by atoms with E-state index in [9.17, 15) is 34.2 Å². The van der Waals surface area contributed by atoms with Crippen molar-refractivity contribution >= 4 is 29.7 Å². The van der Waals surface area contributed by atoms with E-state index >= 15 is 0 Å². The molecule has 7 N–H and O–H groups in total. The Hall–Kier alpha value is -4.59. The van der Waals surface area contributed by atoms with E-state index in [1.54, 1.807) is 20.8 Å². The van der Waals surface area contributed by atoms with Crippen LogP contribution in [0.1, 0.15) is 53.0 Å². The summed E-state index contributed by atoms with van der Waals surface area (Å²) in [7, 11) is 0. The molecule has 1 fully saturated rings. The van der Waals surface area contributed by atoms with Crippen LogP contribution in [0.25, 0.3) is 0 Å². The molecular formula is C31H41N5O8. The van der Waals surface area contributed by atoms with Crippen LogP contribution in [0, 0.1) is 30.6 Å². The van der Waals surface area contributed by atoms with Crippen molar-refractivity contribution in [2.75, 3.05) is 0 Å². The fraction of sp³-hybridized carbons (Fsp3) is 0.516. The van der Waals surface area contributed by atoms with Gasteiger partial charge in [0.15, 0.2) is 6.04 Å². The Bertz CT molecular complexity index is 1300. The SMILES string of the molecule is C#C[C@H](NC(=O)OC(C)(C)C)C(=O)NC1(C(=O)N[C@@H](C#C)[C@@H](O)C[C@@H](C)C(=O)N[C@@H](C)C(=O)NCc2ccccc2)CC1O. The Labute approximate surface area is 257 Å². The first kappa shape index (κ1) is 35.6. The summed E-state index contributed by atoms with van der Waals surface area (Å²) in [6, 6.07) is 5.58. The van der Waals surface area contributed by atoms with Crippen molar-refractivity contribution in [3.8, 4) is 24.7 Å². The topological polar surface area (TPSA) is 195 Å². The normalized spacial score (nSPS) is 20.5. The molecule has 2 unspecified atom stereocenters. The summed E-state index contributed by atoms with van der Waals surface area (Å²) in [5.41, 5.74) is -1.76. The Morgan fingerprint density at radius 2 is 1.61 bits per heavy atom. The monoisotopic (exact) mass is 611 g/mol. The average Bonchev–Trinajstić information content (AvgIpc) is 3.61. The average molecular weight is 612 g/mol. The third-order valence-corrected chi connectivity index (χ3v) is 6.72. The number of nitrogens with one attached hydrogen (secondary N) is 5. The second-order valence-corrected chi connectivity index (χ2v) is 11.7. The Balaban J connectivity index is 1.92.